The number of nitrogens with one attached hydrogen (secondary N) is 1. The second kappa shape index (κ2) is 7.38. The molecule has 1 amide bonds. The SMILES string of the molecule is Cc1ccccc1[C@@H](C)NC(=O)COc1cccc(C(F)(F)F)c1. The van der Waals surface area contributed by atoms with Gasteiger partial charge in [0.15, 0.2) is 6.61 Å². The highest BCUT2D eigenvalue weighted by Crippen LogP contribution is 2.31. The van der Waals surface area contributed by atoms with Crippen LogP contribution in [0.5, 0.6) is 5.75 Å². The predicted octanol–water partition coefficient (Wildman–Crippen LogP) is 4.27. The molecule has 1 atom stereocenters. The Hall–Kier alpha value is -2.50. The van der Waals surface area contributed by atoms with Gasteiger partial charge in [-0.1, -0.05) is 30.3 Å². The van der Waals surface area contributed by atoms with Gasteiger partial charge in [-0.2, -0.15) is 13.2 Å². The third-order valence-corrected chi connectivity index (χ3v) is 3.56. The van der Waals surface area contributed by atoms with Crippen LogP contribution < -0.4 is 10.1 Å². The molecule has 6 heteroatoms. The van der Waals surface area contributed by atoms with Crippen LogP contribution in [0.3, 0.4) is 0 Å². The van der Waals surface area contributed by atoms with Gasteiger partial charge in [0, 0.05) is 0 Å². The minimum Gasteiger partial charge on any atom is -0.484 e. The number of carbonyl (C=O) groups is 1. The number of hydrogen-bond acceptors (Lipinski definition) is 2. The number of ether oxygens (including phenoxy) is 1. The van der Waals surface area contributed by atoms with E-state index in [1.54, 1.807) is 0 Å². The number of halogens is 3. The number of hydrogen-bond donors (Lipinski definition) is 1. The maximum absolute atomic E-state index is 12.6. The molecular weight excluding hydrogens is 319 g/mol. The highest BCUT2D eigenvalue weighted by Gasteiger charge is 2.30. The molecular formula is C18H18F3NO2. The fourth-order valence-electron chi connectivity index (χ4n) is 2.34. The van der Waals surface area contributed by atoms with Gasteiger partial charge < -0.3 is 10.1 Å². The fourth-order valence-corrected chi connectivity index (χ4v) is 2.34. The van der Waals surface area contributed by atoms with Gasteiger partial charge in [-0.3, -0.25) is 4.79 Å². The van der Waals surface area contributed by atoms with Gasteiger partial charge in [-0.25, -0.2) is 0 Å². The molecule has 0 aliphatic heterocycles. The summed E-state index contributed by atoms with van der Waals surface area (Å²) in [6.45, 7) is 3.43. The maximum atomic E-state index is 12.6. The van der Waals surface area contributed by atoms with E-state index in [0.717, 1.165) is 23.3 Å². The Balaban J connectivity index is 1.93. The van der Waals surface area contributed by atoms with Crippen LogP contribution in [0.2, 0.25) is 0 Å². The highest BCUT2D eigenvalue weighted by atomic mass is 19.4. The second-order valence-corrected chi connectivity index (χ2v) is 5.46. The van der Waals surface area contributed by atoms with E-state index in [-0.39, 0.29) is 18.4 Å². The quantitative estimate of drug-likeness (QED) is 0.885. The second-order valence-electron chi connectivity index (χ2n) is 5.46. The molecule has 0 heterocycles. The van der Waals surface area contributed by atoms with Crippen LogP contribution in [0.1, 0.15) is 29.7 Å². The number of aryl methyl sites for hydroxylation is 1. The predicted molar refractivity (Wildman–Crippen MR) is 84.7 cm³/mol. The van der Waals surface area contributed by atoms with Crippen molar-refractivity contribution in [3.8, 4) is 5.75 Å². The van der Waals surface area contributed by atoms with Crippen molar-refractivity contribution in [1.82, 2.24) is 5.32 Å². The van der Waals surface area contributed by atoms with Gasteiger partial charge in [0.1, 0.15) is 5.75 Å². The van der Waals surface area contributed by atoms with Gasteiger partial charge in [-0.05, 0) is 43.2 Å². The lowest BCUT2D eigenvalue weighted by molar-refractivity contribution is -0.137. The zero-order valence-electron chi connectivity index (χ0n) is 13.4. The van der Waals surface area contributed by atoms with Gasteiger partial charge in [-0.15, -0.1) is 0 Å². The molecule has 0 spiro atoms. The lowest BCUT2D eigenvalue weighted by atomic mass is 10.0. The minimum atomic E-state index is -4.44. The minimum absolute atomic E-state index is 0.00326. The zero-order valence-corrected chi connectivity index (χ0v) is 13.4. The summed E-state index contributed by atoms with van der Waals surface area (Å²) in [5, 5.41) is 2.77. The van der Waals surface area contributed by atoms with Crippen molar-refractivity contribution in [3.63, 3.8) is 0 Å². The van der Waals surface area contributed by atoms with Crippen LogP contribution in [0.25, 0.3) is 0 Å². The fraction of sp³-hybridized carbons (Fsp3) is 0.278. The standard InChI is InChI=1S/C18H18F3NO2/c1-12-6-3-4-9-16(12)13(2)22-17(23)11-24-15-8-5-7-14(10-15)18(19,20)21/h3-10,13H,11H2,1-2H3,(H,22,23)/t13-/m1/s1. The molecule has 3 nitrogen and oxygen atoms in total. The average molecular weight is 337 g/mol. The molecule has 0 aliphatic carbocycles. The summed E-state index contributed by atoms with van der Waals surface area (Å²) < 4.78 is 43.0. The normalized spacial score (nSPS) is 12.5. The van der Waals surface area contributed by atoms with Crippen LogP contribution in [-0.2, 0) is 11.0 Å². The van der Waals surface area contributed by atoms with E-state index in [1.807, 2.05) is 38.1 Å². The molecule has 0 bridgehead atoms. The number of rotatable bonds is 5. The monoisotopic (exact) mass is 337 g/mol. The molecule has 24 heavy (non-hydrogen) atoms. The van der Waals surface area contributed by atoms with Gasteiger partial charge >= 0.3 is 6.18 Å². The van der Waals surface area contributed by atoms with E-state index >= 15 is 0 Å². The summed E-state index contributed by atoms with van der Waals surface area (Å²) in [5.74, 6) is -0.397. The first-order chi connectivity index (χ1) is 11.3. The van der Waals surface area contributed by atoms with Crippen molar-refractivity contribution in [2.45, 2.75) is 26.1 Å². The van der Waals surface area contributed by atoms with Crippen LogP contribution in [0, 0.1) is 6.92 Å². The first-order valence-corrected chi connectivity index (χ1v) is 7.42. The first kappa shape index (κ1) is 17.8. The average Bonchev–Trinajstić information content (AvgIpc) is 2.53. The van der Waals surface area contributed by atoms with Crippen molar-refractivity contribution in [1.29, 1.82) is 0 Å². The molecule has 0 aromatic heterocycles. The molecule has 0 aliphatic rings. The lowest BCUT2D eigenvalue weighted by Crippen LogP contribution is -2.31. The third kappa shape index (κ3) is 4.75. The van der Waals surface area contributed by atoms with E-state index in [4.69, 9.17) is 4.74 Å². The van der Waals surface area contributed by atoms with E-state index in [2.05, 4.69) is 5.32 Å². The van der Waals surface area contributed by atoms with Crippen molar-refractivity contribution >= 4 is 5.91 Å². The molecule has 2 aromatic carbocycles. The topological polar surface area (TPSA) is 38.3 Å². The first-order valence-electron chi connectivity index (χ1n) is 7.42. The van der Waals surface area contributed by atoms with Crippen molar-refractivity contribution in [2.75, 3.05) is 6.61 Å². The summed E-state index contributed by atoms with van der Waals surface area (Å²) >= 11 is 0. The molecule has 0 radical (unpaired) electrons. The van der Waals surface area contributed by atoms with Crippen molar-refractivity contribution < 1.29 is 22.7 Å². The summed E-state index contributed by atoms with van der Waals surface area (Å²) in [5.41, 5.74) is 1.21. The van der Waals surface area contributed by atoms with Gasteiger partial charge in [0.05, 0.1) is 11.6 Å². The number of benzene rings is 2. The summed E-state index contributed by atoms with van der Waals surface area (Å²) in [6.07, 6.45) is -4.44. The molecule has 2 rings (SSSR count). The summed E-state index contributed by atoms with van der Waals surface area (Å²) in [6, 6.07) is 11.9. The highest BCUT2D eigenvalue weighted by molar-refractivity contribution is 5.78. The molecule has 128 valence electrons. The Kier molecular flexibility index (Phi) is 5.49. The molecule has 2 aromatic rings. The Morgan fingerprint density at radius 1 is 1.17 bits per heavy atom. The van der Waals surface area contributed by atoms with Gasteiger partial charge in [0.2, 0.25) is 0 Å². The number of carbonyl (C=O) groups excluding carboxylic acids is 1. The molecule has 0 fully saturated rings. The van der Waals surface area contributed by atoms with Crippen molar-refractivity contribution in [2.24, 2.45) is 0 Å². The number of alkyl halides is 3. The summed E-state index contributed by atoms with van der Waals surface area (Å²) in [4.78, 5) is 11.9. The Bertz CT molecular complexity index is 713. The number of amides is 1. The Morgan fingerprint density at radius 3 is 2.54 bits per heavy atom. The van der Waals surface area contributed by atoms with E-state index in [1.165, 1.54) is 12.1 Å². The van der Waals surface area contributed by atoms with Crippen LogP contribution in [0.4, 0.5) is 13.2 Å². The molecule has 1 N–H and O–H groups in total. The van der Waals surface area contributed by atoms with E-state index in [9.17, 15) is 18.0 Å². The molecule has 0 saturated carbocycles. The molecule has 0 unspecified atom stereocenters. The lowest BCUT2D eigenvalue weighted by Gasteiger charge is -2.17. The van der Waals surface area contributed by atoms with Crippen LogP contribution in [-0.4, -0.2) is 12.5 Å². The molecule has 0 saturated heterocycles. The van der Waals surface area contributed by atoms with E-state index in [0.29, 0.717) is 0 Å². The van der Waals surface area contributed by atoms with Gasteiger partial charge in [0.25, 0.3) is 5.91 Å². The van der Waals surface area contributed by atoms with Crippen LogP contribution in [0.15, 0.2) is 48.5 Å². The largest absolute Gasteiger partial charge is 0.484 e. The van der Waals surface area contributed by atoms with E-state index < -0.39 is 17.6 Å². The smallest absolute Gasteiger partial charge is 0.416 e. The summed E-state index contributed by atoms with van der Waals surface area (Å²) in [7, 11) is 0. The van der Waals surface area contributed by atoms with Crippen LogP contribution >= 0.6 is 0 Å². The third-order valence-electron chi connectivity index (χ3n) is 3.56. The Labute approximate surface area is 138 Å². The zero-order chi connectivity index (χ0) is 17.7. The van der Waals surface area contributed by atoms with Crippen molar-refractivity contribution in [3.05, 3.63) is 65.2 Å². The Morgan fingerprint density at radius 2 is 1.88 bits per heavy atom. The maximum Gasteiger partial charge on any atom is 0.416 e.